The van der Waals surface area contributed by atoms with E-state index in [1.165, 1.54) is 5.56 Å². The SMILES string of the molecule is O=C(c1ccccc1)N1CCCC(CCCN2CC(N3CCOCC3)C2)(c2ccc(Cl)c(Cl)c2)C1. The van der Waals surface area contributed by atoms with Crippen LogP contribution in [0.3, 0.4) is 0 Å². The highest BCUT2D eigenvalue weighted by atomic mass is 35.5. The van der Waals surface area contributed by atoms with Crippen molar-refractivity contribution in [3.63, 3.8) is 0 Å². The summed E-state index contributed by atoms with van der Waals surface area (Å²) in [6.45, 7) is 8.75. The van der Waals surface area contributed by atoms with Gasteiger partial charge in [0, 0.05) is 56.3 Å². The predicted octanol–water partition coefficient (Wildman–Crippen LogP) is 4.96. The summed E-state index contributed by atoms with van der Waals surface area (Å²) in [5.41, 5.74) is 1.85. The Balaban J connectivity index is 1.26. The lowest BCUT2D eigenvalue weighted by Crippen LogP contribution is -2.61. The summed E-state index contributed by atoms with van der Waals surface area (Å²) >= 11 is 12.7. The lowest BCUT2D eigenvalue weighted by Gasteiger charge is -2.47. The van der Waals surface area contributed by atoms with Gasteiger partial charge in [0.25, 0.3) is 5.91 Å². The van der Waals surface area contributed by atoms with Gasteiger partial charge in [-0.15, -0.1) is 0 Å². The Labute approximate surface area is 218 Å². The number of likely N-dealkylation sites (tertiary alicyclic amines) is 2. The zero-order valence-corrected chi connectivity index (χ0v) is 21.8. The molecule has 5 nitrogen and oxygen atoms in total. The summed E-state index contributed by atoms with van der Waals surface area (Å²) in [6, 6.07) is 16.4. The Kier molecular flexibility index (Phi) is 8.00. The van der Waals surface area contributed by atoms with Crippen molar-refractivity contribution in [3.05, 3.63) is 69.7 Å². The van der Waals surface area contributed by atoms with Gasteiger partial charge in [-0.2, -0.15) is 0 Å². The van der Waals surface area contributed by atoms with Gasteiger partial charge in [-0.25, -0.2) is 0 Å². The highest BCUT2D eigenvalue weighted by Crippen LogP contribution is 2.41. The molecule has 3 heterocycles. The average Bonchev–Trinajstić information content (AvgIpc) is 2.87. The maximum atomic E-state index is 13.3. The first kappa shape index (κ1) is 25.0. The predicted molar refractivity (Wildman–Crippen MR) is 142 cm³/mol. The molecule has 7 heteroatoms. The van der Waals surface area contributed by atoms with Crippen LogP contribution in [0.1, 0.15) is 41.6 Å². The molecule has 0 aliphatic carbocycles. The van der Waals surface area contributed by atoms with Gasteiger partial charge in [0.05, 0.1) is 23.3 Å². The van der Waals surface area contributed by atoms with Crippen molar-refractivity contribution in [2.45, 2.75) is 37.1 Å². The number of morpholine rings is 1. The fourth-order valence-electron chi connectivity index (χ4n) is 6.02. The molecular formula is C28H35Cl2N3O2. The number of amides is 1. The molecule has 0 radical (unpaired) electrons. The van der Waals surface area contributed by atoms with E-state index in [1.54, 1.807) is 0 Å². The number of piperidine rings is 1. The maximum absolute atomic E-state index is 13.3. The largest absolute Gasteiger partial charge is 0.379 e. The molecule has 1 unspecified atom stereocenters. The fraction of sp³-hybridized carbons (Fsp3) is 0.536. The lowest BCUT2D eigenvalue weighted by atomic mass is 9.71. The maximum Gasteiger partial charge on any atom is 0.253 e. The van der Waals surface area contributed by atoms with Crippen LogP contribution in [0.5, 0.6) is 0 Å². The number of halogens is 2. The molecule has 188 valence electrons. The number of rotatable bonds is 7. The van der Waals surface area contributed by atoms with Gasteiger partial charge in [-0.05, 0) is 62.1 Å². The Morgan fingerprint density at radius 3 is 2.51 bits per heavy atom. The van der Waals surface area contributed by atoms with Gasteiger partial charge in [0.2, 0.25) is 0 Å². The molecule has 1 amide bonds. The summed E-state index contributed by atoms with van der Waals surface area (Å²) < 4.78 is 5.50. The van der Waals surface area contributed by atoms with E-state index in [-0.39, 0.29) is 11.3 Å². The molecule has 0 spiro atoms. The molecular weight excluding hydrogens is 481 g/mol. The van der Waals surface area contributed by atoms with E-state index in [2.05, 4.69) is 15.9 Å². The number of nitrogens with zero attached hydrogens (tertiary/aromatic N) is 3. The normalized spacial score (nSPS) is 24.3. The van der Waals surface area contributed by atoms with Gasteiger partial charge < -0.3 is 14.5 Å². The van der Waals surface area contributed by atoms with Gasteiger partial charge in [0.1, 0.15) is 0 Å². The molecule has 3 aliphatic heterocycles. The summed E-state index contributed by atoms with van der Waals surface area (Å²) in [7, 11) is 0. The molecule has 0 saturated carbocycles. The van der Waals surface area contributed by atoms with Crippen LogP contribution < -0.4 is 0 Å². The minimum atomic E-state index is -0.106. The second kappa shape index (κ2) is 11.2. The molecule has 3 fully saturated rings. The quantitative estimate of drug-likeness (QED) is 0.521. The smallest absolute Gasteiger partial charge is 0.253 e. The number of benzene rings is 2. The highest BCUT2D eigenvalue weighted by molar-refractivity contribution is 6.42. The molecule has 0 aromatic heterocycles. The standard InChI is InChI=1S/C28H35Cl2N3O2/c29-25-9-8-23(18-26(25)30)28(10-4-12-31-19-24(20-31)32-14-16-35-17-15-32)11-5-13-33(21-28)27(34)22-6-2-1-3-7-22/h1-3,6-9,18,24H,4-5,10-17,19-21H2. The molecule has 5 rings (SSSR count). The number of hydrogen-bond donors (Lipinski definition) is 0. The summed E-state index contributed by atoms with van der Waals surface area (Å²) in [6.07, 6.45) is 4.17. The minimum absolute atomic E-state index is 0.106. The third-order valence-corrected chi connectivity index (χ3v) is 8.79. The third kappa shape index (κ3) is 5.70. The van der Waals surface area contributed by atoms with Crippen LogP contribution >= 0.6 is 23.2 Å². The van der Waals surface area contributed by atoms with Gasteiger partial charge in [-0.1, -0.05) is 47.5 Å². The van der Waals surface area contributed by atoms with Crippen molar-refractivity contribution in [3.8, 4) is 0 Å². The first-order chi connectivity index (χ1) is 17.0. The summed E-state index contributed by atoms with van der Waals surface area (Å²) in [5.74, 6) is 0.117. The zero-order chi connectivity index (χ0) is 24.3. The van der Waals surface area contributed by atoms with E-state index in [0.29, 0.717) is 16.1 Å². The fourth-order valence-corrected chi connectivity index (χ4v) is 6.32. The molecule has 0 N–H and O–H groups in total. The van der Waals surface area contributed by atoms with Crippen molar-refractivity contribution in [2.75, 3.05) is 59.0 Å². The molecule has 3 aliphatic rings. The van der Waals surface area contributed by atoms with Crippen molar-refractivity contribution < 1.29 is 9.53 Å². The molecule has 2 aromatic rings. The van der Waals surface area contributed by atoms with Crippen LogP contribution in [0, 0.1) is 0 Å². The third-order valence-electron chi connectivity index (χ3n) is 8.05. The molecule has 2 aromatic carbocycles. The average molecular weight is 517 g/mol. The van der Waals surface area contributed by atoms with Gasteiger partial charge in [-0.3, -0.25) is 9.69 Å². The number of hydrogen-bond acceptors (Lipinski definition) is 4. The van der Waals surface area contributed by atoms with Crippen molar-refractivity contribution in [2.24, 2.45) is 0 Å². The summed E-state index contributed by atoms with van der Waals surface area (Å²) in [4.78, 5) is 20.5. The van der Waals surface area contributed by atoms with E-state index >= 15 is 0 Å². The van der Waals surface area contributed by atoms with Crippen LogP contribution in [0.15, 0.2) is 48.5 Å². The molecule has 3 saturated heterocycles. The Hall–Kier alpha value is -1.63. The highest BCUT2D eigenvalue weighted by Gasteiger charge is 2.39. The Bertz CT molecular complexity index is 1010. The number of carbonyl (C=O) groups is 1. The van der Waals surface area contributed by atoms with Crippen LogP contribution in [0.4, 0.5) is 0 Å². The Morgan fingerprint density at radius 2 is 1.77 bits per heavy atom. The van der Waals surface area contributed by atoms with Crippen molar-refractivity contribution in [1.82, 2.24) is 14.7 Å². The van der Waals surface area contributed by atoms with Crippen LogP contribution in [0.25, 0.3) is 0 Å². The van der Waals surface area contributed by atoms with Crippen LogP contribution in [0.2, 0.25) is 10.0 Å². The van der Waals surface area contributed by atoms with Crippen LogP contribution in [-0.2, 0) is 10.2 Å². The number of carbonyl (C=O) groups excluding carboxylic acids is 1. The first-order valence-electron chi connectivity index (χ1n) is 12.9. The van der Waals surface area contributed by atoms with E-state index < -0.39 is 0 Å². The second-order valence-corrected chi connectivity index (χ2v) is 11.1. The number of ether oxygens (including phenoxy) is 1. The lowest BCUT2D eigenvalue weighted by molar-refractivity contribution is -0.0327. The minimum Gasteiger partial charge on any atom is -0.379 e. The van der Waals surface area contributed by atoms with Gasteiger partial charge >= 0.3 is 0 Å². The van der Waals surface area contributed by atoms with E-state index in [4.69, 9.17) is 27.9 Å². The van der Waals surface area contributed by atoms with E-state index in [9.17, 15) is 4.79 Å². The first-order valence-corrected chi connectivity index (χ1v) is 13.6. The molecule has 1 atom stereocenters. The van der Waals surface area contributed by atoms with Crippen LogP contribution in [-0.4, -0.2) is 85.7 Å². The summed E-state index contributed by atoms with van der Waals surface area (Å²) in [5, 5.41) is 1.17. The van der Waals surface area contributed by atoms with E-state index in [0.717, 1.165) is 90.3 Å². The topological polar surface area (TPSA) is 36.0 Å². The van der Waals surface area contributed by atoms with Gasteiger partial charge in [0.15, 0.2) is 0 Å². The Morgan fingerprint density at radius 1 is 1.00 bits per heavy atom. The van der Waals surface area contributed by atoms with E-state index in [1.807, 2.05) is 47.4 Å². The van der Waals surface area contributed by atoms with Crippen molar-refractivity contribution in [1.29, 1.82) is 0 Å². The molecule has 35 heavy (non-hydrogen) atoms. The zero-order valence-electron chi connectivity index (χ0n) is 20.3. The molecule has 0 bridgehead atoms. The van der Waals surface area contributed by atoms with Crippen molar-refractivity contribution >= 4 is 29.1 Å². The second-order valence-electron chi connectivity index (χ2n) is 10.3. The monoisotopic (exact) mass is 515 g/mol.